The number of piperidine rings is 2. The van der Waals surface area contributed by atoms with E-state index in [1.54, 1.807) is 4.90 Å². The normalized spacial score (nSPS) is 17.6. The third-order valence-corrected chi connectivity index (χ3v) is 9.16. The van der Waals surface area contributed by atoms with Gasteiger partial charge in [-0.15, -0.1) is 0 Å². The average molecular weight is 660 g/mol. The third-order valence-electron chi connectivity index (χ3n) is 8.70. The molecular formula is C33H41N9O4S. The molecule has 2 N–H and O–H groups in total. The summed E-state index contributed by atoms with van der Waals surface area (Å²) in [6.45, 7) is 6.65. The number of carbonyl (C=O) groups is 1. The molecule has 0 radical (unpaired) electrons. The zero-order valence-electron chi connectivity index (χ0n) is 27.0. The first-order chi connectivity index (χ1) is 22.6. The van der Waals surface area contributed by atoms with Crippen molar-refractivity contribution in [2.24, 2.45) is 0 Å². The summed E-state index contributed by atoms with van der Waals surface area (Å²) >= 11 is 0. The number of nitrogens with one attached hydrogen (secondary N) is 2. The quantitative estimate of drug-likeness (QED) is 0.183. The summed E-state index contributed by atoms with van der Waals surface area (Å²) < 4.78 is 32.1. The minimum absolute atomic E-state index is 0.151. The zero-order chi connectivity index (χ0) is 33.1. The molecular weight excluding hydrogens is 618 g/mol. The molecule has 6 rings (SSSR count). The Morgan fingerprint density at radius 1 is 0.957 bits per heavy atom. The summed E-state index contributed by atoms with van der Waals surface area (Å²) in [7, 11) is 0.309. The Morgan fingerprint density at radius 2 is 1.66 bits per heavy atom. The molecule has 0 bridgehead atoms. The van der Waals surface area contributed by atoms with Crippen LogP contribution in [0.4, 0.5) is 29.0 Å². The average Bonchev–Trinajstić information content (AvgIpc) is 3.42. The van der Waals surface area contributed by atoms with Crippen LogP contribution in [-0.4, -0.2) is 96.2 Å². The molecule has 1 atom stereocenters. The van der Waals surface area contributed by atoms with Crippen molar-refractivity contribution in [3.63, 3.8) is 0 Å². The number of amides is 1. The van der Waals surface area contributed by atoms with Crippen LogP contribution in [-0.2, 0) is 14.9 Å². The number of imidazole rings is 1. The summed E-state index contributed by atoms with van der Waals surface area (Å²) in [6, 6.07) is 17.9. The van der Waals surface area contributed by atoms with Gasteiger partial charge in [0.2, 0.25) is 17.8 Å². The van der Waals surface area contributed by atoms with Gasteiger partial charge in [-0.25, -0.2) is 4.98 Å². The van der Waals surface area contributed by atoms with Crippen molar-refractivity contribution in [1.29, 1.82) is 0 Å². The number of likely N-dealkylation sites (tertiary alicyclic amines) is 1. The van der Waals surface area contributed by atoms with Crippen LogP contribution in [0.5, 0.6) is 5.88 Å². The minimum Gasteiger partial charge on any atom is -0.371 e. The molecule has 0 saturated carbocycles. The monoisotopic (exact) mass is 659 g/mol. The van der Waals surface area contributed by atoms with Crippen LogP contribution in [0.1, 0.15) is 31.7 Å². The Morgan fingerprint density at radius 3 is 2.32 bits per heavy atom. The molecule has 1 amide bonds. The molecule has 2 saturated heterocycles. The van der Waals surface area contributed by atoms with Crippen molar-refractivity contribution < 1.29 is 17.4 Å². The van der Waals surface area contributed by atoms with Gasteiger partial charge in [-0.05, 0) is 82.3 Å². The largest absolute Gasteiger partial charge is 0.371 e. The van der Waals surface area contributed by atoms with E-state index in [9.17, 15) is 13.2 Å². The Hall–Kier alpha value is -4.69. The molecule has 2 fully saturated rings. The second-order valence-corrected chi connectivity index (χ2v) is 13.8. The molecule has 4 aromatic rings. The second-order valence-electron chi connectivity index (χ2n) is 12.2. The first-order valence-corrected chi connectivity index (χ1v) is 17.6. The van der Waals surface area contributed by atoms with E-state index >= 15 is 0 Å². The van der Waals surface area contributed by atoms with Crippen molar-refractivity contribution in [3.05, 3.63) is 67.3 Å². The maximum atomic E-state index is 12.6. The fourth-order valence-corrected chi connectivity index (χ4v) is 6.71. The summed E-state index contributed by atoms with van der Waals surface area (Å²) in [5, 5.41) is 6.59. The van der Waals surface area contributed by atoms with Gasteiger partial charge in [-0.2, -0.15) is 18.4 Å². The standard InChI is InChI=1S/C33H41N9O4S/c1-5-28(43)41-19-9-12-27(22-41)42-30-29(36-33(42)35-23-10-7-6-8-11-23)31(46-47(4,44)45)38-32(37-30)34-24-13-15-26(16-14-24)40-20-17-25(18-21-40)39(2)3/h5-8,10-11,13-16,25,27H,1,9,12,17-22H2,2-4H3,(H,35,36)(H,34,37,38)/t27-/m0/s1. The van der Waals surface area contributed by atoms with Gasteiger partial charge < -0.3 is 29.5 Å². The van der Waals surface area contributed by atoms with Crippen LogP contribution in [0.25, 0.3) is 11.2 Å². The molecule has 4 heterocycles. The molecule has 2 aliphatic rings. The fraction of sp³-hybridized carbons (Fsp3) is 0.394. The summed E-state index contributed by atoms with van der Waals surface area (Å²) in [5.41, 5.74) is 3.20. The molecule has 2 aliphatic heterocycles. The number of fused-ring (bicyclic) bond motifs is 1. The number of anilines is 5. The Bertz CT molecular complexity index is 1840. The Labute approximate surface area is 275 Å². The number of hydrogen-bond donors (Lipinski definition) is 2. The van der Waals surface area contributed by atoms with Crippen molar-refractivity contribution >= 4 is 56.1 Å². The highest BCUT2D eigenvalue weighted by atomic mass is 32.2. The smallest absolute Gasteiger partial charge is 0.307 e. The molecule has 0 aliphatic carbocycles. The van der Waals surface area contributed by atoms with Gasteiger partial charge in [-0.3, -0.25) is 9.36 Å². The summed E-state index contributed by atoms with van der Waals surface area (Å²) in [4.78, 5) is 33.1. The Balaban J connectivity index is 1.37. The molecule has 47 heavy (non-hydrogen) atoms. The van der Waals surface area contributed by atoms with Gasteiger partial charge in [0, 0.05) is 49.3 Å². The van der Waals surface area contributed by atoms with Gasteiger partial charge in [0.05, 0.1) is 12.3 Å². The molecule has 0 unspecified atom stereocenters. The van der Waals surface area contributed by atoms with Crippen LogP contribution in [0.3, 0.4) is 0 Å². The maximum Gasteiger partial charge on any atom is 0.307 e. The van der Waals surface area contributed by atoms with Crippen molar-refractivity contribution in [3.8, 4) is 5.88 Å². The van der Waals surface area contributed by atoms with Gasteiger partial charge in [-0.1, -0.05) is 24.8 Å². The number of benzene rings is 2. The maximum absolute atomic E-state index is 12.6. The predicted molar refractivity (Wildman–Crippen MR) is 184 cm³/mol. The highest BCUT2D eigenvalue weighted by molar-refractivity contribution is 7.86. The molecule has 13 nitrogen and oxygen atoms in total. The lowest BCUT2D eigenvalue weighted by atomic mass is 10.0. The number of hydrogen-bond acceptors (Lipinski definition) is 11. The van der Waals surface area contributed by atoms with E-state index in [1.807, 2.05) is 47.0 Å². The van der Waals surface area contributed by atoms with Crippen LogP contribution >= 0.6 is 0 Å². The first-order valence-electron chi connectivity index (χ1n) is 15.8. The molecule has 2 aromatic carbocycles. The van der Waals surface area contributed by atoms with Crippen LogP contribution < -0.4 is 19.7 Å². The van der Waals surface area contributed by atoms with E-state index in [0.717, 1.165) is 62.1 Å². The molecule has 2 aromatic heterocycles. The lowest BCUT2D eigenvalue weighted by Gasteiger charge is -2.36. The van der Waals surface area contributed by atoms with Crippen LogP contribution in [0.15, 0.2) is 67.3 Å². The molecule has 14 heteroatoms. The third kappa shape index (κ3) is 7.49. The second kappa shape index (κ2) is 13.6. The van der Waals surface area contributed by atoms with Crippen molar-refractivity contribution in [2.75, 3.05) is 62.1 Å². The van der Waals surface area contributed by atoms with Crippen LogP contribution in [0.2, 0.25) is 0 Å². The lowest BCUT2D eigenvalue weighted by Crippen LogP contribution is -2.41. The summed E-state index contributed by atoms with van der Waals surface area (Å²) in [5.74, 6) is 0.236. The van der Waals surface area contributed by atoms with Crippen LogP contribution in [0, 0.1) is 0 Å². The van der Waals surface area contributed by atoms with Crippen molar-refractivity contribution in [2.45, 2.75) is 37.8 Å². The van der Waals surface area contributed by atoms with Gasteiger partial charge >= 0.3 is 10.1 Å². The number of carbonyl (C=O) groups excluding carboxylic acids is 1. The zero-order valence-corrected chi connectivity index (χ0v) is 27.8. The van der Waals surface area contributed by atoms with Crippen molar-refractivity contribution in [1.82, 2.24) is 29.3 Å². The molecule has 0 spiro atoms. The number of nitrogens with zero attached hydrogens (tertiary/aromatic N) is 7. The SMILES string of the molecule is C=CC(=O)N1CCC[C@H](n2c(Nc3ccccc3)nc3c(OS(C)(=O)=O)nc(Nc4ccc(N5CCC(N(C)C)CC5)cc4)nc32)C1. The number of aromatic nitrogens is 4. The van der Waals surface area contributed by atoms with Gasteiger partial charge in [0.25, 0.3) is 5.88 Å². The highest BCUT2D eigenvalue weighted by Gasteiger charge is 2.30. The van der Waals surface area contributed by atoms with E-state index in [-0.39, 0.29) is 29.3 Å². The van der Waals surface area contributed by atoms with E-state index < -0.39 is 10.1 Å². The lowest BCUT2D eigenvalue weighted by molar-refractivity contribution is -0.127. The first kappa shape index (κ1) is 32.3. The summed E-state index contributed by atoms with van der Waals surface area (Å²) in [6.07, 6.45) is 6.01. The topological polar surface area (TPSA) is 138 Å². The van der Waals surface area contributed by atoms with E-state index in [4.69, 9.17) is 14.2 Å². The number of rotatable bonds is 10. The van der Waals surface area contributed by atoms with Gasteiger partial charge in [0.15, 0.2) is 11.2 Å². The van der Waals surface area contributed by atoms with E-state index in [2.05, 4.69) is 58.2 Å². The predicted octanol–water partition coefficient (Wildman–Crippen LogP) is 4.53. The fourth-order valence-electron chi connectivity index (χ4n) is 6.31. The van der Waals surface area contributed by atoms with E-state index in [0.29, 0.717) is 30.7 Å². The Kier molecular flexibility index (Phi) is 9.32. The van der Waals surface area contributed by atoms with Gasteiger partial charge in [0.1, 0.15) is 0 Å². The number of para-hydroxylation sites is 1. The minimum atomic E-state index is -3.96. The van der Waals surface area contributed by atoms with E-state index in [1.165, 1.54) is 6.08 Å². The molecule has 248 valence electrons. The highest BCUT2D eigenvalue weighted by Crippen LogP contribution is 2.35.